The molecule has 0 N–H and O–H groups in total. The van der Waals surface area contributed by atoms with Crippen molar-refractivity contribution in [2.75, 3.05) is 0 Å². The van der Waals surface area contributed by atoms with Crippen LogP contribution in [0.4, 0.5) is 0 Å². The number of fused-ring (bicyclic) bond motifs is 1. The van der Waals surface area contributed by atoms with E-state index in [4.69, 9.17) is 0 Å². The van der Waals surface area contributed by atoms with Crippen LogP contribution in [0.1, 0.15) is 33.0 Å². The van der Waals surface area contributed by atoms with Crippen LogP contribution < -0.4 is 0 Å². The number of isothiocyanates is 1. The molecule has 0 fully saturated rings. The fourth-order valence-electron chi connectivity index (χ4n) is 1.69. The normalized spacial score (nSPS) is 14.3. The van der Waals surface area contributed by atoms with Crippen molar-refractivity contribution in [3.05, 3.63) is 21.4 Å². The minimum atomic E-state index is -0.251. The Bertz CT molecular complexity index is 392. The van der Waals surface area contributed by atoms with Crippen molar-refractivity contribution in [1.82, 2.24) is 0 Å². The summed E-state index contributed by atoms with van der Waals surface area (Å²) in [6, 6.07) is 1.96. The summed E-state index contributed by atoms with van der Waals surface area (Å²) in [7, 11) is 0. The molecule has 1 amide bonds. The van der Waals surface area contributed by atoms with Gasteiger partial charge in [-0.1, -0.05) is 0 Å². The Morgan fingerprint density at radius 3 is 3.00 bits per heavy atom. The minimum absolute atomic E-state index is 0.251. The molecule has 14 heavy (non-hydrogen) atoms. The molecule has 0 atom stereocenters. The second kappa shape index (κ2) is 4.13. The number of rotatable bonds is 1. The summed E-state index contributed by atoms with van der Waals surface area (Å²) in [6.07, 6.45) is 4.67. The highest BCUT2D eigenvalue weighted by Gasteiger charge is 2.16. The summed E-state index contributed by atoms with van der Waals surface area (Å²) in [5.74, 6) is -0.251. The van der Waals surface area contributed by atoms with Crippen molar-refractivity contribution in [2.45, 2.75) is 25.7 Å². The predicted octanol–water partition coefficient (Wildman–Crippen LogP) is 2.87. The van der Waals surface area contributed by atoms with E-state index in [0.717, 1.165) is 12.8 Å². The first-order chi connectivity index (χ1) is 6.81. The molecule has 1 aliphatic carbocycles. The second-order valence-corrected chi connectivity index (χ2v) is 4.59. The van der Waals surface area contributed by atoms with Gasteiger partial charge in [0.15, 0.2) is 0 Å². The molecule has 0 saturated heterocycles. The van der Waals surface area contributed by atoms with Crippen LogP contribution >= 0.6 is 23.6 Å². The van der Waals surface area contributed by atoms with Gasteiger partial charge in [-0.15, -0.1) is 11.3 Å². The lowest BCUT2D eigenvalue weighted by atomic mass is 9.99. The number of hydrogen-bond acceptors (Lipinski definition) is 3. The largest absolute Gasteiger partial charge is 0.295 e. The Hall–Kier alpha value is -0.830. The number of nitrogens with zero attached hydrogens (tertiary/aromatic N) is 1. The van der Waals surface area contributed by atoms with Crippen LogP contribution in [0.25, 0.3) is 0 Å². The van der Waals surface area contributed by atoms with Crippen LogP contribution in [0.3, 0.4) is 0 Å². The quantitative estimate of drug-likeness (QED) is 0.541. The molecule has 0 bridgehead atoms. The minimum Gasteiger partial charge on any atom is -0.265 e. The topological polar surface area (TPSA) is 29.4 Å². The zero-order valence-electron chi connectivity index (χ0n) is 7.58. The summed E-state index contributed by atoms with van der Waals surface area (Å²) in [4.78, 5) is 16.9. The third kappa shape index (κ3) is 1.82. The zero-order chi connectivity index (χ0) is 9.97. The van der Waals surface area contributed by atoms with E-state index in [2.05, 4.69) is 22.4 Å². The average molecular weight is 223 g/mol. The van der Waals surface area contributed by atoms with Crippen LogP contribution in [-0.2, 0) is 12.8 Å². The highest BCUT2D eigenvalue weighted by molar-refractivity contribution is 7.78. The molecule has 1 aromatic heterocycles. The Morgan fingerprint density at radius 2 is 2.29 bits per heavy atom. The molecule has 0 radical (unpaired) electrons. The Labute approximate surface area is 91.7 Å². The molecule has 0 aromatic carbocycles. The summed E-state index contributed by atoms with van der Waals surface area (Å²) in [6.45, 7) is 0. The maximum Gasteiger partial charge on any atom is 0.295 e. The predicted molar refractivity (Wildman–Crippen MR) is 60.3 cm³/mol. The van der Waals surface area contributed by atoms with Crippen molar-refractivity contribution < 1.29 is 4.79 Å². The van der Waals surface area contributed by atoms with Crippen LogP contribution in [0.5, 0.6) is 0 Å². The molecule has 0 spiro atoms. The molecule has 4 heteroatoms. The van der Waals surface area contributed by atoms with E-state index in [1.54, 1.807) is 11.3 Å². The molecular formula is C10H9NOS2. The van der Waals surface area contributed by atoms with Gasteiger partial charge < -0.3 is 0 Å². The van der Waals surface area contributed by atoms with Gasteiger partial charge in [0.2, 0.25) is 0 Å². The van der Waals surface area contributed by atoms with Crippen molar-refractivity contribution >= 4 is 34.6 Å². The second-order valence-electron chi connectivity index (χ2n) is 3.27. The van der Waals surface area contributed by atoms with E-state index in [0.29, 0.717) is 4.88 Å². The van der Waals surface area contributed by atoms with Gasteiger partial charge >= 0.3 is 0 Å². The van der Waals surface area contributed by atoms with Gasteiger partial charge in [-0.05, 0) is 49.5 Å². The molecule has 1 aliphatic rings. The summed E-state index contributed by atoms with van der Waals surface area (Å²) < 4.78 is 0. The van der Waals surface area contributed by atoms with Gasteiger partial charge in [-0.2, -0.15) is 4.99 Å². The van der Waals surface area contributed by atoms with E-state index < -0.39 is 0 Å². The first-order valence-corrected chi connectivity index (χ1v) is 5.77. The van der Waals surface area contributed by atoms with Crippen molar-refractivity contribution in [3.63, 3.8) is 0 Å². The third-order valence-corrected chi connectivity index (χ3v) is 3.67. The standard InChI is InChI=1S/C10H9NOS2/c12-10(11-6-13)9-5-7-3-1-2-4-8(7)14-9/h5H,1-4H2. The van der Waals surface area contributed by atoms with Gasteiger partial charge in [0.25, 0.3) is 5.91 Å². The van der Waals surface area contributed by atoms with Gasteiger partial charge in [-0.25, -0.2) is 0 Å². The smallest absolute Gasteiger partial charge is 0.265 e. The number of aryl methyl sites for hydroxylation is 2. The maximum absolute atomic E-state index is 11.4. The van der Waals surface area contributed by atoms with Gasteiger partial charge in [0, 0.05) is 4.88 Å². The maximum atomic E-state index is 11.4. The lowest BCUT2D eigenvalue weighted by Gasteiger charge is -2.08. The summed E-state index contributed by atoms with van der Waals surface area (Å²) in [5, 5.41) is 2.11. The molecule has 2 nitrogen and oxygen atoms in total. The highest BCUT2D eigenvalue weighted by Crippen LogP contribution is 2.29. The van der Waals surface area contributed by atoms with Crippen LogP contribution in [-0.4, -0.2) is 11.1 Å². The van der Waals surface area contributed by atoms with Crippen molar-refractivity contribution in [1.29, 1.82) is 0 Å². The molecule has 72 valence electrons. The fourth-order valence-corrected chi connectivity index (χ4v) is 2.91. The van der Waals surface area contributed by atoms with Crippen LogP contribution in [0.2, 0.25) is 0 Å². The number of thiophene rings is 1. The van der Waals surface area contributed by atoms with E-state index in [1.165, 1.54) is 23.3 Å². The molecule has 1 heterocycles. The number of hydrogen-bond donors (Lipinski definition) is 0. The first-order valence-electron chi connectivity index (χ1n) is 4.55. The first kappa shape index (κ1) is 9.71. The lowest BCUT2D eigenvalue weighted by molar-refractivity contribution is 0.101. The molecule has 2 rings (SSSR count). The molecule has 0 unspecified atom stereocenters. The summed E-state index contributed by atoms with van der Waals surface area (Å²) in [5.41, 5.74) is 1.32. The van der Waals surface area contributed by atoms with Gasteiger partial charge in [0.1, 0.15) is 0 Å². The van der Waals surface area contributed by atoms with E-state index in [1.807, 2.05) is 6.07 Å². The zero-order valence-corrected chi connectivity index (χ0v) is 9.21. The number of thiocarbonyl (C=S) groups is 1. The van der Waals surface area contributed by atoms with Crippen LogP contribution in [0.15, 0.2) is 11.1 Å². The van der Waals surface area contributed by atoms with Crippen LogP contribution in [0, 0.1) is 0 Å². The number of amides is 1. The number of carbonyl (C=O) groups is 1. The highest BCUT2D eigenvalue weighted by atomic mass is 32.1. The van der Waals surface area contributed by atoms with Crippen molar-refractivity contribution in [3.8, 4) is 0 Å². The molecule has 0 saturated carbocycles. The Morgan fingerprint density at radius 1 is 1.50 bits per heavy atom. The average Bonchev–Trinajstić information content (AvgIpc) is 2.61. The SMILES string of the molecule is O=C(N=C=S)c1cc2c(s1)CCCC2. The van der Waals surface area contributed by atoms with E-state index in [9.17, 15) is 4.79 Å². The number of aliphatic imine (C=N–C) groups is 1. The Kier molecular flexibility index (Phi) is 2.87. The monoisotopic (exact) mass is 223 g/mol. The van der Waals surface area contributed by atoms with Gasteiger partial charge in [0.05, 0.1) is 10.0 Å². The van der Waals surface area contributed by atoms with Crippen molar-refractivity contribution in [2.24, 2.45) is 4.99 Å². The fraction of sp³-hybridized carbons (Fsp3) is 0.400. The van der Waals surface area contributed by atoms with Gasteiger partial charge in [-0.3, -0.25) is 4.79 Å². The molecule has 0 aliphatic heterocycles. The lowest BCUT2D eigenvalue weighted by Crippen LogP contribution is -1.96. The number of carbonyl (C=O) groups excluding carboxylic acids is 1. The Balaban J connectivity index is 2.32. The van der Waals surface area contributed by atoms with E-state index >= 15 is 0 Å². The molecule has 1 aromatic rings. The van der Waals surface area contributed by atoms with E-state index in [-0.39, 0.29) is 5.91 Å². The summed E-state index contributed by atoms with van der Waals surface area (Å²) >= 11 is 5.96. The third-order valence-electron chi connectivity index (χ3n) is 2.35. The molecular weight excluding hydrogens is 214 g/mol.